The Labute approximate surface area is 106 Å². The maximum absolute atomic E-state index is 3.91. The summed E-state index contributed by atoms with van der Waals surface area (Å²) in [4.78, 5) is 0. The van der Waals surface area contributed by atoms with Crippen LogP contribution < -0.4 is 5.32 Å². The van der Waals surface area contributed by atoms with Crippen molar-refractivity contribution < 1.29 is 0 Å². The summed E-state index contributed by atoms with van der Waals surface area (Å²) < 4.78 is 0. The Hall–Kier alpha value is -0.300. The third-order valence-electron chi connectivity index (χ3n) is 5.61. The third-order valence-corrected chi connectivity index (χ3v) is 5.61. The van der Waals surface area contributed by atoms with Crippen LogP contribution in [0.25, 0.3) is 0 Å². The van der Waals surface area contributed by atoms with Crippen LogP contribution in [-0.2, 0) is 0 Å². The highest BCUT2D eigenvalue weighted by atomic mass is 15.0. The van der Waals surface area contributed by atoms with Crippen molar-refractivity contribution >= 4 is 0 Å². The monoisotopic (exact) mass is 233 g/mol. The van der Waals surface area contributed by atoms with E-state index in [0.717, 1.165) is 29.7 Å². The second kappa shape index (κ2) is 4.76. The Morgan fingerprint density at radius 3 is 2.35 bits per heavy atom. The summed E-state index contributed by atoms with van der Waals surface area (Å²) in [6.07, 6.45) is 13.6. The Kier molecular flexibility index (Phi) is 3.30. The second-order valence-corrected chi connectivity index (χ2v) is 6.73. The van der Waals surface area contributed by atoms with Crippen molar-refractivity contribution in [3.05, 3.63) is 12.2 Å². The first-order chi connectivity index (χ1) is 8.24. The van der Waals surface area contributed by atoms with Crippen LogP contribution in [0.1, 0.15) is 52.4 Å². The topological polar surface area (TPSA) is 12.0 Å². The van der Waals surface area contributed by atoms with E-state index < -0.39 is 0 Å². The molecule has 0 aromatic heterocycles. The summed E-state index contributed by atoms with van der Waals surface area (Å²) in [6, 6.07) is 1.45. The Morgan fingerprint density at radius 1 is 1.00 bits per heavy atom. The van der Waals surface area contributed by atoms with E-state index in [1.165, 1.54) is 38.5 Å². The molecule has 0 radical (unpaired) electrons. The molecule has 3 rings (SSSR count). The fourth-order valence-electron chi connectivity index (χ4n) is 4.53. The molecule has 2 fully saturated rings. The molecule has 1 nitrogen and oxygen atoms in total. The van der Waals surface area contributed by atoms with Crippen LogP contribution in [0.3, 0.4) is 0 Å². The largest absolute Gasteiger partial charge is 0.311 e. The van der Waals surface area contributed by atoms with Gasteiger partial charge in [-0.15, -0.1) is 0 Å². The Morgan fingerprint density at radius 2 is 1.76 bits per heavy atom. The maximum Gasteiger partial charge on any atom is 0.00754 e. The molecule has 1 N–H and O–H groups in total. The normalized spacial score (nSPS) is 40.0. The fraction of sp³-hybridized carbons (Fsp3) is 0.875. The van der Waals surface area contributed by atoms with Gasteiger partial charge in [-0.2, -0.15) is 0 Å². The Balaban J connectivity index is 1.52. The fourth-order valence-corrected chi connectivity index (χ4v) is 4.53. The van der Waals surface area contributed by atoms with Gasteiger partial charge in [-0.3, -0.25) is 0 Å². The zero-order valence-corrected chi connectivity index (χ0v) is 11.4. The SMILES string of the molecule is CC(NC(C)C1CC2C=CC1C2)C1CCCC1. The highest BCUT2D eigenvalue weighted by molar-refractivity contribution is 5.11. The van der Waals surface area contributed by atoms with E-state index in [2.05, 4.69) is 31.3 Å². The van der Waals surface area contributed by atoms with E-state index >= 15 is 0 Å². The van der Waals surface area contributed by atoms with Gasteiger partial charge in [-0.1, -0.05) is 25.0 Å². The van der Waals surface area contributed by atoms with Gasteiger partial charge in [0.05, 0.1) is 0 Å². The zero-order valence-electron chi connectivity index (χ0n) is 11.4. The van der Waals surface area contributed by atoms with Crippen LogP contribution in [0.15, 0.2) is 12.2 Å². The van der Waals surface area contributed by atoms with Gasteiger partial charge < -0.3 is 5.32 Å². The molecular weight excluding hydrogens is 206 g/mol. The van der Waals surface area contributed by atoms with Gasteiger partial charge >= 0.3 is 0 Å². The standard InChI is InChI=1S/C16H27N/c1-11(14-5-3-4-6-14)17-12(2)16-10-13-7-8-15(16)9-13/h7-8,11-17H,3-6,9-10H2,1-2H3. The van der Waals surface area contributed by atoms with Crippen LogP contribution in [0.2, 0.25) is 0 Å². The lowest BCUT2D eigenvalue weighted by Gasteiger charge is -2.31. The highest BCUT2D eigenvalue weighted by Crippen LogP contribution is 2.45. The van der Waals surface area contributed by atoms with Gasteiger partial charge in [0.15, 0.2) is 0 Å². The van der Waals surface area contributed by atoms with E-state index in [0.29, 0.717) is 6.04 Å². The van der Waals surface area contributed by atoms with Crippen LogP contribution >= 0.6 is 0 Å². The van der Waals surface area contributed by atoms with Gasteiger partial charge in [0, 0.05) is 12.1 Å². The van der Waals surface area contributed by atoms with E-state index in [-0.39, 0.29) is 0 Å². The van der Waals surface area contributed by atoms with E-state index in [1.807, 2.05) is 0 Å². The number of hydrogen-bond donors (Lipinski definition) is 1. The lowest BCUT2D eigenvalue weighted by molar-refractivity contribution is 0.269. The molecule has 0 aliphatic heterocycles. The number of rotatable bonds is 4. The number of fused-ring (bicyclic) bond motifs is 2. The van der Waals surface area contributed by atoms with Crippen molar-refractivity contribution in [1.82, 2.24) is 5.32 Å². The molecule has 3 aliphatic carbocycles. The van der Waals surface area contributed by atoms with Crippen molar-refractivity contribution in [1.29, 1.82) is 0 Å². The van der Waals surface area contributed by atoms with Gasteiger partial charge in [-0.05, 0) is 63.2 Å². The predicted octanol–water partition coefficient (Wildman–Crippen LogP) is 3.76. The smallest absolute Gasteiger partial charge is 0.00754 e. The lowest BCUT2D eigenvalue weighted by Crippen LogP contribution is -2.43. The minimum Gasteiger partial charge on any atom is -0.311 e. The molecule has 5 atom stereocenters. The molecule has 0 amide bonds. The minimum atomic E-state index is 0.713. The summed E-state index contributed by atoms with van der Waals surface area (Å²) in [5.74, 6) is 3.66. The molecule has 0 aromatic rings. The van der Waals surface area contributed by atoms with Gasteiger partial charge in [0.1, 0.15) is 0 Å². The molecule has 0 spiro atoms. The average Bonchev–Trinajstić information content (AvgIpc) is 3.05. The molecule has 2 saturated carbocycles. The number of nitrogens with one attached hydrogen (secondary N) is 1. The molecule has 5 unspecified atom stereocenters. The first-order valence-electron chi connectivity index (χ1n) is 7.68. The number of hydrogen-bond acceptors (Lipinski definition) is 1. The lowest BCUT2D eigenvalue weighted by atomic mass is 9.86. The first kappa shape index (κ1) is 11.8. The van der Waals surface area contributed by atoms with E-state index in [4.69, 9.17) is 0 Å². The van der Waals surface area contributed by atoms with Crippen LogP contribution in [0.5, 0.6) is 0 Å². The van der Waals surface area contributed by atoms with E-state index in [9.17, 15) is 0 Å². The summed E-state index contributed by atoms with van der Waals surface area (Å²) >= 11 is 0. The number of allylic oxidation sites excluding steroid dienone is 2. The first-order valence-corrected chi connectivity index (χ1v) is 7.68. The van der Waals surface area contributed by atoms with Gasteiger partial charge in [0.2, 0.25) is 0 Å². The van der Waals surface area contributed by atoms with Crippen LogP contribution in [0, 0.1) is 23.7 Å². The van der Waals surface area contributed by atoms with Crippen molar-refractivity contribution in [2.24, 2.45) is 23.7 Å². The molecule has 0 heterocycles. The minimum absolute atomic E-state index is 0.713. The molecule has 2 bridgehead atoms. The van der Waals surface area contributed by atoms with E-state index in [1.54, 1.807) is 0 Å². The second-order valence-electron chi connectivity index (χ2n) is 6.73. The maximum atomic E-state index is 3.91. The molecule has 96 valence electrons. The van der Waals surface area contributed by atoms with Crippen LogP contribution in [0.4, 0.5) is 0 Å². The quantitative estimate of drug-likeness (QED) is 0.729. The van der Waals surface area contributed by atoms with Crippen molar-refractivity contribution in [2.45, 2.75) is 64.5 Å². The van der Waals surface area contributed by atoms with Crippen molar-refractivity contribution in [2.75, 3.05) is 0 Å². The summed E-state index contributed by atoms with van der Waals surface area (Å²) in [6.45, 7) is 4.83. The van der Waals surface area contributed by atoms with Gasteiger partial charge in [0.25, 0.3) is 0 Å². The van der Waals surface area contributed by atoms with Crippen LogP contribution in [-0.4, -0.2) is 12.1 Å². The van der Waals surface area contributed by atoms with Crippen molar-refractivity contribution in [3.8, 4) is 0 Å². The van der Waals surface area contributed by atoms with Crippen molar-refractivity contribution in [3.63, 3.8) is 0 Å². The molecule has 1 heteroatoms. The average molecular weight is 233 g/mol. The Bertz CT molecular complexity index is 290. The molecule has 3 aliphatic rings. The predicted molar refractivity (Wildman–Crippen MR) is 72.9 cm³/mol. The molecule has 0 aromatic carbocycles. The summed E-state index contributed by atoms with van der Waals surface area (Å²) in [5, 5.41) is 3.91. The molecular formula is C16H27N. The molecule has 0 saturated heterocycles. The summed E-state index contributed by atoms with van der Waals surface area (Å²) in [7, 11) is 0. The highest BCUT2D eigenvalue weighted by Gasteiger charge is 2.39. The van der Waals surface area contributed by atoms with Gasteiger partial charge in [-0.25, -0.2) is 0 Å². The zero-order chi connectivity index (χ0) is 11.8. The summed E-state index contributed by atoms with van der Waals surface area (Å²) in [5.41, 5.74) is 0. The molecule has 17 heavy (non-hydrogen) atoms. The third kappa shape index (κ3) is 2.31.